The summed E-state index contributed by atoms with van der Waals surface area (Å²) in [4.78, 5) is 17.4. The number of ether oxygens (including phenoxy) is 1. The third-order valence-corrected chi connectivity index (χ3v) is 5.11. The number of hydrogen-bond acceptors (Lipinski definition) is 6. The number of hydrogen-bond donors (Lipinski definition) is 1. The zero-order valence-corrected chi connectivity index (χ0v) is 17.5. The van der Waals surface area contributed by atoms with Gasteiger partial charge >= 0.3 is 0 Å². The van der Waals surface area contributed by atoms with Gasteiger partial charge in [-0.25, -0.2) is 4.98 Å². The molecule has 158 valence electrons. The molecule has 1 amide bonds. The first-order valence-electron chi connectivity index (χ1n) is 9.98. The van der Waals surface area contributed by atoms with Gasteiger partial charge in [0.2, 0.25) is 5.89 Å². The summed E-state index contributed by atoms with van der Waals surface area (Å²) in [7, 11) is 1.58. The Balaban J connectivity index is 1.45. The molecule has 0 fully saturated rings. The first-order chi connectivity index (χ1) is 15.6. The summed E-state index contributed by atoms with van der Waals surface area (Å²) in [5.41, 5.74) is 4.72. The van der Waals surface area contributed by atoms with E-state index in [0.717, 1.165) is 11.1 Å². The Morgan fingerprint density at radius 3 is 2.69 bits per heavy atom. The Morgan fingerprint density at radius 2 is 1.88 bits per heavy atom. The van der Waals surface area contributed by atoms with Gasteiger partial charge in [0, 0.05) is 22.9 Å². The van der Waals surface area contributed by atoms with Crippen LogP contribution in [0.4, 0.5) is 5.69 Å². The summed E-state index contributed by atoms with van der Waals surface area (Å²) in [5, 5.41) is 7.70. The molecular weight excluding hydrogens is 406 g/mol. The van der Waals surface area contributed by atoms with Crippen LogP contribution >= 0.6 is 0 Å². The van der Waals surface area contributed by atoms with Crippen LogP contribution in [0.2, 0.25) is 0 Å². The molecule has 0 aliphatic rings. The average Bonchev–Trinajstić information content (AvgIpc) is 3.46. The molecule has 0 aliphatic heterocycles. The smallest absolute Gasteiger partial charge is 0.255 e. The molecule has 1 N–H and O–H groups in total. The second kappa shape index (κ2) is 8.03. The Labute approximate surface area is 183 Å². The van der Waals surface area contributed by atoms with E-state index in [1.54, 1.807) is 37.4 Å². The lowest BCUT2D eigenvalue weighted by molar-refractivity contribution is 0.102. The summed E-state index contributed by atoms with van der Waals surface area (Å²) in [6.45, 7) is 2.02. The molecular formula is C25H19N3O4. The highest BCUT2D eigenvalue weighted by molar-refractivity contribution is 6.07. The van der Waals surface area contributed by atoms with Crippen molar-refractivity contribution in [1.82, 2.24) is 10.1 Å². The monoisotopic (exact) mass is 425 g/mol. The number of benzene rings is 3. The number of aryl methyl sites for hydroxylation is 1. The number of carbonyl (C=O) groups is 1. The van der Waals surface area contributed by atoms with Gasteiger partial charge in [-0.15, -0.1) is 0 Å². The summed E-state index contributed by atoms with van der Waals surface area (Å²) in [6.07, 6.45) is 1.54. The molecule has 32 heavy (non-hydrogen) atoms. The van der Waals surface area contributed by atoms with E-state index in [4.69, 9.17) is 13.7 Å². The Morgan fingerprint density at radius 1 is 1.03 bits per heavy atom. The zero-order valence-electron chi connectivity index (χ0n) is 17.5. The first kappa shape index (κ1) is 19.6. The van der Waals surface area contributed by atoms with Crippen LogP contribution in [0.25, 0.3) is 33.8 Å². The van der Waals surface area contributed by atoms with Gasteiger partial charge in [0.15, 0.2) is 5.58 Å². The van der Waals surface area contributed by atoms with Crippen LogP contribution < -0.4 is 10.1 Å². The van der Waals surface area contributed by atoms with Gasteiger partial charge in [-0.1, -0.05) is 28.9 Å². The fraction of sp³-hybridized carbons (Fsp3) is 0.0800. The van der Waals surface area contributed by atoms with Crippen LogP contribution in [0.15, 0.2) is 81.9 Å². The predicted molar refractivity (Wildman–Crippen MR) is 121 cm³/mol. The zero-order chi connectivity index (χ0) is 22.1. The fourth-order valence-electron chi connectivity index (χ4n) is 3.38. The van der Waals surface area contributed by atoms with E-state index in [9.17, 15) is 4.79 Å². The molecule has 0 unspecified atom stereocenters. The average molecular weight is 425 g/mol. The number of rotatable bonds is 5. The molecule has 0 aliphatic carbocycles. The lowest BCUT2D eigenvalue weighted by Gasteiger charge is -2.07. The van der Waals surface area contributed by atoms with Crippen LogP contribution in [0.5, 0.6) is 5.75 Å². The molecule has 0 radical (unpaired) electrons. The van der Waals surface area contributed by atoms with Gasteiger partial charge in [-0.2, -0.15) is 0 Å². The third kappa shape index (κ3) is 3.72. The predicted octanol–water partition coefficient (Wildman–Crippen LogP) is 5.72. The minimum Gasteiger partial charge on any atom is -0.497 e. The highest BCUT2D eigenvalue weighted by Crippen LogP contribution is 2.31. The topological polar surface area (TPSA) is 90.4 Å². The molecule has 5 aromatic rings. The van der Waals surface area contributed by atoms with Crippen LogP contribution in [-0.4, -0.2) is 23.2 Å². The molecule has 2 aromatic heterocycles. The molecule has 2 heterocycles. The molecule has 3 aromatic carbocycles. The molecule has 7 heteroatoms. The van der Waals surface area contributed by atoms with E-state index < -0.39 is 0 Å². The quantitative estimate of drug-likeness (QED) is 0.387. The van der Waals surface area contributed by atoms with E-state index in [0.29, 0.717) is 45.2 Å². The van der Waals surface area contributed by atoms with Crippen molar-refractivity contribution < 1.29 is 18.5 Å². The minimum absolute atomic E-state index is 0.257. The number of carbonyl (C=O) groups excluding carboxylic acids is 1. The van der Waals surface area contributed by atoms with E-state index in [2.05, 4.69) is 15.5 Å². The van der Waals surface area contributed by atoms with Gasteiger partial charge in [-0.05, 0) is 49.4 Å². The van der Waals surface area contributed by atoms with E-state index in [1.165, 1.54) is 6.26 Å². The van der Waals surface area contributed by atoms with Crippen molar-refractivity contribution in [2.24, 2.45) is 0 Å². The van der Waals surface area contributed by atoms with E-state index >= 15 is 0 Å². The molecule has 0 saturated heterocycles. The van der Waals surface area contributed by atoms with Crippen molar-refractivity contribution in [3.63, 3.8) is 0 Å². The molecule has 5 rings (SSSR count). The van der Waals surface area contributed by atoms with Crippen molar-refractivity contribution in [2.45, 2.75) is 6.92 Å². The Hall–Kier alpha value is -4.39. The van der Waals surface area contributed by atoms with Gasteiger partial charge in [0.25, 0.3) is 5.91 Å². The number of amides is 1. The van der Waals surface area contributed by atoms with E-state index in [-0.39, 0.29) is 5.91 Å². The fourth-order valence-corrected chi connectivity index (χ4v) is 3.38. The van der Waals surface area contributed by atoms with Gasteiger partial charge in [0.1, 0.15) is 23.4 Å². The van der Waals surface area contributed by atoms with Crippen molar-refractivity contribution >= 4 is 22.6 Å². The molecule has 0 atom stereocenters. The van der Waals surface area contributed by atoms with E-state index in [1.807, 2.05) is 43.3 Å². The highest BCUT2D eigenvalue weighted by Gasteiger charge is 2.18. The SMILES string of the molecule is COc1cccc(NC(=O)c2ccc3onc(-c4coc(-c5ccc(C)cc5)n4)c3c2)c1. The van der Waals surface area contributed by atoms with Crippen molar-refractivity contribution in [2.75, 3.05) is 12.4 Å². The number of aromatic nitrogens is 2. The maximum atomic E-state index is 12.8. The summed E-state index contributed by atoms with van der Waals surface area (Å²) >= 11 is 0. The Bertz CT molecular complexity index is 1420. The van der Waals surface area contributed by atoms with Gasteiger partial charge < -0.3 is 19.0 Å². The largest absolute Gasteiger partial charge is 0.497 e. The lowest BCUT2D eigenvalue weighted by atomic mass is 10.1. The number of anilines is 1. The maximum absolute atomic E-state index is 12.8. The molecule has 0 spiro atoms. The van der Waals surface area contributed by atoms with Crippen LogP contribution in [0.1, 0.15) is 15.9 Å². The van der Waals surface area contributed by atoms with Crippen LogP contribution in [0.3, 0.4) is 0 Å². The maximum Gasteiger partial charge on any atom is 0.255 e. The lowest BCUT2D eigenvalue weighted by Crippen LogP contribution is -2.11. The number of nitrogens with one attached hydrogen (secondary N) is 1. The number of nitrogens with zero attached hydrogens (tertiary/aromatic N) is 2. The van der Waals surface area contributed by atoms with Crippen molar-refractivity contribution in [3.8, 4) is 28.6 Å². The second-order valence-electron chi connectivity index (χ2n) is 7.33. The van der Waals surface area contributed by atoms with Gasteiger partial charge in [0.05, 0.1) is 12.5 Å². The highest BCUT2D eigenvalue weighted by atomic mass is 16.5. The molecule has 0 saturated carbocycles. The molecule has 0 bridgehead atoms. The summed E-state index contributed by atoms with van der Waals surface area (Å²) < 4.78 is 16.3. The van der Waals surface area contributed by atoms with Crippen LogP contribution in [-0.2, 0) is 0 Å². The van der Waals surface area contributed by atoms with Crippen LogP contribution in [0, 0.1) is 6.92 Å². The number of oxazole rings is 1. The first-order valence-corrected chi connectivity index (χ1v) is 9.98. The standard InChI is InChI=1S/C25H19N3O4/c1-15-6-8-16(9-7-15)25-27-21(14-31-25)23-20-12-17(10-11-22(20)32-28-23)24(29)26-18-4-3-5-19(13-18)30-2/h3-14H,1-2H3,(H,26,29). The Kier molecular flexibility index (Phi) is 4.91. The molecule has 7 nitrogen and oxygen atoms in total. The third-order valence-electron chi connectivity index (χ3n) is 5.11. The number of fused-ring (bicyclic) bond motifs is 1. The second-order valence-corrected chi connectivity index (χ2v) is 7.33. The van der Waals surface area contributed by atoms with Crippen molar-refractivity contribution in [1.29, 1.82) is 0 Å². The normalized spacial score (nSPS) is 10.9. The van der Waals surface area contributed by atoms with Crippen molar-refractivity contribution in [3.05, 3.63) is 84.1 Å². The number of methoxy groups -OCH3 is 1. The summed E-state index contributed by atoms with van der Waals surface area (Å²) in [5.74, 6) is 0.894. The minimum atomic E-state index is -0.257. The van der Waals surface area contributed by atoms with Gasteiger partial charge in [-0.3, -0.25) is 4.79 Å². The summed E-state index contributed by atoms with van der Waals surface area (Å²) in [6, 6.07) is 20.2.